The number of methoxy groups -OCH3 is 1. The van der Waals surface area contributed by atoms with Gasteiger partial charge in [0.15, 0.2) is 5.78 Å². The van der Waals surface area contributed by atoms with Crippen LogP contribution in [0.5, 0.6) is 5.75 Å². The molecule has 1 aliphatic rings. The standard InChI is InChI=1S/C15H18N2O2/c1-10-8-17-12(11(2)14(10)19-3)7-15(9-16)6-4-5-13(15)18/h8H,4-7H2,1-3H3. The largest absolute Gasteiger partial charge is 0.496 e. The van der Waals surface area contributed by atoms with E-state index in [0.717, 1.165) is 29.0 Å². The summed E-state index contributed by atoms with van der Waals surface area (Å²) in [6, 6.07) is 2.22. The van der Waals surface area contributed by atoms with Crippen molar-refractivity contribution in [1.29, 1.82) is 5.26 Å². The third kappa shape index (κ3) is 2.21. The highest BCUT2D eigenvalue weighted by Crippen LogP contribution is 2.38. The van der Waals surface area contributed by atoms with E-state index in [-0.39, 0.29) is 5.78 Å². The SMILES string of the molecule is COc1c(C)cnc(CC2(C#N)CCCC2=O)c1C. The molecule has 1 unspecified atom stereocenters. The number of nitrogens with zero attached hydrogens (tertiary/aromatic N) is 2. The number of nitriles is 1. The highest BCUT2D eigenvalue weighted by molar-refractivity contribution is 5.89. The Labute approximate surface area is 113 Å². The zero-order valence-corrected chi connectivity index (χ0v) is 11.6. The highest BCUT2D eigenvalue weighted by atomic mass is 16.5. The Balaban J connectivity index is 2.39. The van der Waals surface area contributed by atoms with Gasteiger partial charge in [-0.05, 0) is 26.7 Å². The van der Waals surface area contributed by atoms with Gasteiger partial charge in [-0.2, -0.15) is 5.26 Å². The second-order valence-corrected chi connectivity index (χ2v) is 5.19. The minimum Gasteiger partial charge on any atom is -0.496 e. The summed E-state index contributed by atoms with van der Waals surface area (Å²) < 4.78 is 5.37. The molecule has 1 heterocycles. The molecule has 1 aromatic heterocycles. The van der Waals surface area contributed by atoms with Gasteiger partial charge in [-0.15, -0.1) is 0 Å². The van der Waals surface area contributed by atoms with E-state index in [9.17, 15) is 10.1 Å². The van der Waals surface area contributed by atoms with E-state index in [2.05, 4.69) is 11.1 Å². The summed E-state index contributed by atoms with van der Waals surface area (Å²) in [5.74, 6) is 0.847. The predicted molar refractivity (Wildman–Crippen MR) is 70.9 cm³/mol. The lowest BCUT2D eigenvalue weighted by Gasteiger charge is -2.20. The summed E-state index contributed by atoms with van der Waals surface area (Å²) >= 11 is 0. The van der Waals surface area contributed by atoms with Crippen LogP contribution in [0.25, 0.3) is 0 Å². The number of hydrogen-bond donors (Lipinski definition) is 0. The van der Waals surface area contributed by atoms with Crippen molar-refractivity contribution in [3.8, 4) is 11.8 Å². The molecule has 2 rings (SSSR count). The number of carbonyl (C=O) groups excluding carboxylic acids is 1. The summed E-state index contributed by atoms with van der Waals surface area (Å²) in [6.07, 6.45) is 4.08. The maximum Gasteiger partial charge on any atom is 0.153 e. The molecule has 1 fully saturated rings. The van der Waals surface area contributed by atoms with Gasteiger partial charge in [-0.25, -0.2) is 0 Å². The topological polar surface area (TPSA) is 63.0 Å². The van der Waals surface area contributed by atoms with Crippen molar-refractivity contribution < 1.29 is 9.53 Å². The predicted octanol–water partition coefficient (Wildman–Crippen LogP) is 2.51. The van der Waals surface area contributed by atoms with Crippen LogP contribution in [-0.2, 0) is 11.2 Å². The number of ether oxygens (including phenoxy) is 1. The van der Waals surface area contributed by atoms with Gasteiger partial charge in [-0.3, -0.25) is 9.78 Å². The maximum atomic E-state index is 12.0. The van der Waals surface area contributed by atoms with Gasteiger partial charge in [0.05, 0.1) is 13.2 Å². The molecular weight excluding hydrogens is 240 g/mol. The van der Waals surface area contributed by atoms with E-state index in [1.165, 1.54) is 0 Å². The Bertz CT molecular complexity index is 560. The van der Waals surface area contributed by atoms with E-state index < -0.39 is 5.41 Å². The van der Waals surface area contributed by atoms with Crippen molar-refractivity contribution in [1.82, 2.24) is 4.98 Å². The van der Waals surface area contributed by atoms with Gasteiger partial charge in [0.1, 0.15) is 11.2 Å². The quantitative estimate of drug-likeness (QED) is 0.835. The maximum absolute atomic E-state index is 12.0. The Hall–Kier alpha value is -1.89. The van der Waals surface area contributed by atoms with Crippen LogP contribution in [0.3, 0.4) is 0 Å². The summed E-state index contributed by atoms with van der Waals surface area (Å²) in [7, 11) is 1.62. The van der Waals surface area contributed by atoms with Crippen LogP contribution in [0.2, 0.25) is 0 Å². The zero-order valence-electron chi connectivity index (χ0n) is 11.6. The molecule has 0 aromatic carbocycles. The van der Waals surface area contributed by atoms with Gasteiger partial charge in [0.2, 0.25) is 0 Å². The van der Waals surface area contributed by atoms with E-state index in [4.69, 9.17) is 4.74 Å². The molecule has 0 spiro atoms. The molecule has 0 N–H and O–H groups in total. The molecule has 0 radical (unpaired) electrons. The number of rotatable bonds is 3. The molecule has 19 heavy (non-hydrogen) atoms. The van der Waals surface area contributed by atoms with Crippen molar-refractivity contribution in [3.63, 3.8) is 0 Å². The number of aromatic nitrogens is 1. The summed E-state index contributed by atoms with van der Waals surface area (Å²) in [6.45, 7) is 3.86. The summed E-state index contributed by atoms with van der Waals surface area (Å²) in [5, 5.41) is 9.39. The van der Waals surface area contributed by atoms with Crippen molar-refractivity contribution >= 4 is 5.78 Å². The number of ketones is 1. The van der Waals surface area contributed by atoms with Crippen molar-refractivity contribution in [2.75, 3.05) is 7.11 Å². The fourth-order valence-electron chi connectivity index (χ4n) is 2.81. The first-order valence-corrected chi connectivity index (χ1v) is 6.47. The number of aryl methyl sites for hydroxylation is 1. The molecule has 1 atom stereocenters. The fourth-order valence-corrected chi connectivity index (χ4v) is 2.81. The number of hydrogen-bond acceptors (Lipinski definition) is 4. The molecule has 1 saturated carbocycles. The van der Waals surface area contributed by atoms with Gasteiger partial charge in [0.25, 0.3) is 0 Å². The second-order valence-electron chi connectivity index (χ2n) is 5.19. The molecule has 1 aliphatic carbocycles. The average Bonchev–Trinajstić information content (AvgIpc) is 2.76. The normalized spacial score (nSPS) is 22.3. The molecule has 0 bridgehead atoms. The number of Topliss-reactive ketones (excluding diaryl/α,β-unsaturated/α-hetero) is 1. The molecule has 0 saturated heterocycles. The van der Waals surface area contributed by atoms with E-state index in [0.29, 0.717) is 19.3 Å². The van der Waals surface area contributed by atoms with Crippen LogP contribution in [0.4, 0.5) is 0 Å². The number of pyridine rings is 1. The van der Waals surface area contributed by atoms with E-state index in [1.807, 2.05) is 13.8 Å². The molecular formula is C15H18N2O2. The van der Waals surface area contributed by atoms with Crippen LogP contribution in [-0.4, -0.2) is 17.9 Å². The fraction of sp³-hybridized carbons (Fsp3) is 0.533. The third-order valence-electron chi connectivity index (χ3n) is 3.97. The van der Waals surface area contributed by atoms with Gasteiger partial charge in [-0.1, -0.05) is 0 Å². The molecule has 100 valence electrons. The smallest absolute Gasteiger partial charge is 0.153 e. The lowest BCUT2D eigenvalue weighted by molar-refractivity contribution is -0.123. The minimum absolute atomic E-state index is 0.0516. The van der Waals surface area contributed by atoms with Crippen molar-refractivity contribution in [2.45, 2.75) is 39.5 Å². The Morgan fingerprint density at radius 2 is 2.26 bits per heavy atom. The molecule has 0 amide bonds. The third-order valence-corrected chi connectivity index (χ3v) is 3.97. The van der Waals surface area contributed by atoms with Gasteiger partial charge >= 0.3 is 0 Å². The summed E-state index contributed by atoms with van der Waals surface area (Å²) in [5.41, 5.74) is 1.81. The van der Waals surface area contributed by atoms with Crippen LogP contribution >= 0.6 is 0 Å². The first-order chi connectivity index (χ1) is 9.04. The first-order valence-electron chi connectivity index (χ1n) is 6.47. The van der Waals surface area contributed by atoms with Gasteiger partial charge in [0, 0.05) is 35.9 Å². The minimum atomic E-state index is -0.877. The second kappa shape index (κ2) is 5.00. The summed E-state index contributed by atoms with van der Waals surface area (Å²) in [4.78, 5) is 16.4. The molecule has 0 aliphatic heterocycles. The highest BCUT2D eigenvalue weighted by Gasteiger charge is 2.43. The Morgan fingerprint density at radius 1 is 1.53 bits per heavy atom. The van der Waals surface area contributed by atoms with Crippen LogP contribution in [0, 0.1) is 30.6 Å². The van der Waals surface area contributed by atoms with Crippen molar-refractivity contribution in [2.24, 2.45) is 5.41 Å². The zero-order chi connectivity index (χ0) is 14.0. The first kappa shape index (κ1) is 13.5. The van der Waals surface area contributed by atoms with Crippen LogP contribution < -0.4 is 4.74 Å². The molecule has 1 aromatic rings. The number of carbonyl (C=O) groups is 1. The monoisotopic (exact) mass is 258 g/mol. The molecule has 4 heteroatoms. The Morgan fingerprint density at radius 3 is 2.79 bits per heavy atom. The lowest BCUT2D eigenvalue weighted by Crippen LogP contribution is -2.27. The van der Waals surface area contributed by atoms with Crippen LogP contribution in [0.1, 0.15) is 36.1 Å². The van der Waals surface area contributed by atoms with E-state index >= 15 is 0 Å². The lowest BCUT2D eigenvalue weighted by atomic mass is 9.81. The molecule has 4 nitrogen and oxygen atoms in total. The Kier molecular flexibility index (Phi) is 3.57. The van der Waals surface area contributed by atoms with E-state index in [1.54, 1.807) is 13.3 Å². The van der Waals surface area contributed by atoms with Gasteiger partial charge < -0.3 is 4.74 Å². The van der Waals surface area contributed by atoms with Crippen LogP contribution in [0.15, 0.2) is 6.20 Å². The van der Waals surface area contributed by atoms with Crippen molar-refractivity contribution in [3.05, 3.63) is 23.0 Å². The average molecular weight is 258 g/mol.